The normalized spacial score (nSPS) is 13.6. The highest BCUT2D eigenvalue weighted by Gasteiger charge is 2.23. The summed E-state index contributed by atoms with van der Waals surface area (Å²) in [6, 6.07) is -1.53. The first-order valence-electron chi connectivity index (χ1n) is 6.68. The second-order valence-corrected chi connectivity index (χ2v) is 5.17. The molecule has 0 saturated heterocycles. The first kappa shape index (κ1) is 16.8. The number of imidazole rings is 1. The lowest BCUT2D eigenvalue weighted by atomic mass is 10.0. The van der Waals surface area contributed by atoms with Crippen LogP contribution in [-0.2, 0) is 20.8 Å². The predicted octanol–water partition coefficient (Wildman–Crippen LogP) is -0.917. The lowest BCUT2D eigenvalue weighted by Gasteiger charge is -2.19. The van der Waals surface area contributed by atoms with Crippen LogP contribution in [0.4, 0.5) is 0 Å². The van der Waals surface area contributed by atoms with Crippen molar-refractivity contribution in [2.75, 3.05) is 0 Å². The van der Waals surface area contributed by atoms with Crippen molar-refractivity contribution in [2.45, 2.75) is 39.3 Å². The Labute approximate surface area is 122 Å². The molecule has 1 aromatic rings. The van der Waals surface area contributed by atoms with Gasteiger partial charge in [0.2, 0.25) is 17.7 Å². The molecule has 0 fully saturated rings. The predicted molar refractivity (Wildman–Crippen MR) is 75.9 cm³/mol. The molecular formula is C13H21N5O3. The lowest BCUT2D eigenvalue weighted by molar-refractivity contribution is -0.134. The molecule has 5 N–H and O–H groups in total. The molecule has 0 aliphatic carbocycles. The van der Waals surface area contributed by atoms with Crippen molar-refractivity contribution in [1.82, 2.24) is 20.6 Å². The van der Waals surface area contributed by atoms with E-state index in [1.54, 1.807) is 0 Å². The molecule has 2 atom stereocenters. The maximum atomic E-state index is 11.8. The van der Waals surface area contributed by atoms with Crippen LogP contribution < -0.4 is 16.4 Å². The molecule has 0 bridgehead atoms. The highest BCUT2D eigenvalue weighted by Crippen LogP contribution is 1.99. The van der Waals surface area contributed by atoms with E-state index in [2.05, 4.69) is 20.6 Å². The van der Waals surface area contributed by atoms with Crippen LogP contribution in [0.15, 0.2) is 12.5 Å². The first-order chi connectivity index (χ1) is 9.81. The van der Waals surface area contributed by atoms with Crippen molar-refractivity contribution in [2.24, 2.45) is 11.7 Å². The summed E-state index contributed by atoms with van der Waals surface area (Å²) >= 11 is 0. The van der Waals surface area contributed by atoms with Crippen LogP contribution >= 0.6 is 0 Å². The van der Waals surface area contributed by atoms with Crippen LogP contribution in [0.25, 0.3) is 0 Å². The molecule has 0 spiro atoms. The van der Waals surface area contributed by atoms with Gasteiger partial charge in [-0.1, -0.05) is 13.8 Å². The number of aromatic nitrogens is 2. The number of nitrogens with zero attached hydrogens (tertiary/aromatic N) is 1. The van der Waals surface area contributed by atoms with E-state index in [-0.39, 0.29) is 12.3 Å². The third-order valence-corrected chi connectivity index (χ3v) is 2.94. The number of carbonyl (C=O) groups excluding carboxylic acids is 3. The third kappa shape index (κ3) is 5.35. The summed E-state index contributed by atoms with van der Waals surface area (Å²) in [5.41, 5.74) is 6.27. The smallest absolute Gasteiger partial charge is 0.248 e. The number of amides is 3. The van der Waals surface area contributed by atoms with Crippen LogP contribution in [0.3, 0.4) is 0 Å². The van der Waals surface area contributed by atoms with Crippen LogP contribution in [0.1, 0.15) is 26.5 Å². The maximum Gasteiger partial charge on any atom is 0.248 e. The Morgan fingerprint density at radius 2 is 1.95 bits per heavy atom. The Morgan fingerprint density at radius 3 is 2.48 bits per heavy atom. The first-order valence-corrected chi connectivity index (χ1v) is 6.68. The average Bonchev–Trinajstić information content (AvgIpc) is 2.89. The van der Waals surface area contributed by atoms with Gasteiger partial charge >= 0.3 is 0 Å². The van der Waals surface area contributed by atoms with E-state index >= 15 is 0 Å². The van der Waals surface area contributed by atoms with Gasteiger partial charge in [-0.25, -0.2) is 4.98 Å². The Bertz CT molecular complexity index is 498. The largest absolute Gasteiger partial charge is 0.348 e. The van der Waals surface area contributed by atoms with E-state index in [0.29, 0.717) is 5.69 Å². The van der Waals surface area contributed by atoms with Crippen LogP contribution in [0.2, 0.25) is 0 Å². The van der Waals surface area contributed by atoms with Gasteiger partial charge in [-0.05, 0) is 12.8 Å². The van der Waals surface area contributed by atoms with Crippen molar-refractivity contribution < 1.29 is 14.4 Å². The zero-order valence-corrected chi connectivity index (χ0v) is 12.3. The van der Waals surface area contributed by atoms with Crippen molar-refractivity contribution in [3.05, 3.63) is 18.2 Å². The highest BCUT2D eigenvalue weighted by molar-refractivity contribution is 5.99. The Balaban J connectivity index is 2.43. The van der Waals surface area contributed by atoms with Crippen molar-refractivity contribution in [3.63, 3.8) is 0 Å². The summed E-state index contributed by atoms with van der Waals surface area (Å²) in [5.74, 6) is -1.52. The number of H-pyrrole nitrogens is 1. The van der Waals surface area contributed by atoms with E-state index in [1.807, 2.05) is 13.8 Å². The van der Waals surface area contributed by atoms with Crippen LogP contribution in [0.5, 0.6) is 0 Å². The molecule has 1 aromatic heterocycles. The van der Waals surface area contributed by atoms with Crippen LogP contribution in [0, 0.1) is 5.92 Å². The number of carbonyl (C=O) groups is 3. The highest BCUT2D eigenvalue weighted by atomic mass is 16.2. The Morgan fingerprint density at radius 1 is 1.29 bits per heavy atom. The van der Waals surface area contributed by atoms with Gasteiger partial charge in [-0.3, -0.25) is 19.7 Å². The fourth-order valence-corrected chi connectivity index (χ4v) is 1.52. The van der Waals surface area contributed by atoms with Gasteiger partial charge in [0.05, 0.1) is 18.8 Å². The summed E-state index contributed by atoms with van der Waals surface area (Å²) in [6.07, 6.45) is 2.95. The molecule has 116 valence electrons. The number of rotatable bonds is 6. The Kier molecular flexibility index (Phi) is 6.04. The summed E-state index contributed by atoms with van der Waals surface area (Å²) in [7, 11) is 0. The van der Waals surface area contributed by atoms with E-state index in [1.165, 1.54) is 19.4 Å². The van der Waals surface area contributed by atoms with Gasteiger partial charge in [0, 0.05) is 11.9 Å². The second-order valence-electron chi connectivity index (χ2n) is 5.17. The molecule has 21 heavy (non-hydrogen) atoms. The zero-order valence-electron chi connectivity index (χ0n) is 12.3. The van der Waals surface area contributed by atoms with Gasteiger partial charge < -0.3 is 16.0 Å². The minimum Gasteiger partial charge on any atom is -0.348 e. The Hall–Kier alpha value is -2.22. The molecule has 3 amide bonds. The topological polar surface area (TPSA) is 130 Å². The molecule has 0 aliphatic heterocycles. The van der Waals surface area contributed by atoms with Gasteiger partial charge in [0.25, 0.3) is 0 Å². The molecule has 0 unspecified atom stereocenters. The molecule has 0 radical (unpaired) electrons. The number of hydrogen-bond acceptors (Lipinski definition) is 5. The quantitative estimate of drug-likeness (QED) is 0.539. The molecule has 1 rings (SSSR count). The van der Waals surface area contributed by atoms with Crippen molar-refractivity contribution >= 4 is 17.7 Å². The SMILES string of the molecule is CC(C)[C@H](N)C(=O)N[C@@H](C)C(=O)NC(=O)Cc1cnc[nH]1. The molecule has 8 nitrogen and oxygen atoms in total. The molecule has 0 aliphatic rings. The minimum atomic E-state index is -0.840. The fourth-order valence-electron chi connectivity index (χ4n) is 1.52. The zero-order chi connectivity index (χ0) is 16.0. The standard InChI is InChI=1S/C13H21N5O3/c1-7(2)11(14)13(21)17-8(3)12(20)18-10(19)4-9-5-15-6-16-9/h5-8,11H,4,14H2,1-3H3,(H,15,16)(H,17,21)(H,18,19,20)/t8-,11-/m0/s1. The monoisotopic (exact) mass is 295 g/mol. The minimum absolute atomic E-state index is 0.0118. The maximum absolute atomic E-state index is 11.8. The summed E-state index contributed by atoms with van der Waals surface area (Å²) in [5, 5.41) is 4.69. The number of hydrogen-bond donors (Lipinski definition) is 4. The van der Waals surface area contributed by atoms with Gasteiger partial charge in [0.1, 0.15) is 6.04 Å². The molecule has 1 heterocycles. The van der Waals surface area contributed by atoms with E-state index in [9.17, 15) is 14.4 Å². The molecule has 0 saturated carbocycles. The molecule has 8 heteroatoms. The van der Waals surface area contributed by atoms with Crippen molar-refractivity contribution in [3.8, 4) is 0 Å². The van der Waals surface area contributed by atoms with E-state index in [0.717, 1.165) is 0 Å². The van der Waals surface area contributed by atoms with E-state index < -0.39 is 29.8 Å². The molecular weight excluding hydrogens is 274 g/mol. The summed E-state index contributed by atoms with van der Waals surface area (Å²) in [4.78, 5) is 41.7. The number of nitrogens with two attached hydrogens (primary N) is 1. The molecule has 0 aromatic carbocycles. The number of aromatic amines is 1. The fraction of sp³-hybridized carbons (Fsp3) is 0.538. The van der Waals surface area contributed by atoms with Gasteiger partial charge in [0.15, 0.2) is 0 Å². The third-order valence-electron chi connectivity index (χ3n) is 2.94. The number of imide groups is 1. The van der Waals surface area contributed by atoms with E-state index in [4.69, 9.17) is 5.73 Å². The van der Waals surface area contributed by atoms with Gasteiger partial charge in [-0.15, -0.1) is 0 Å². The average molecular weight is 295 g/mol. The summed E-state index contributed by atoms with van der Waals surface area (Å²) in [6.45, 7) is 5.11. The second kappa shape index (κ2) is 7.53. The van der Waals surface area contributed by atoms with Crippen LogP contribution in [-0.4, -0.2) is 39.8 Å². The number of nitrogens with one attached hydrogen (secondary N) is 3. The lowest BCUT2D eigenvalue weighted by Crippen LogP contribution is -2.52. The summed E-state index contributed by atoms with van der Waals surface area (Å²) < 4.78 is 0. The van der Waals surface area contributed by atoms with Crippen molar-refractivity contribution in [1.29, 1.82) is 0 Å². The van der Waals surface area contributed by atoms with Gasteiger partial charge in [-0.2, -0.15) is 0 Å².